The van der Waals surface area contributed by atoms with Crippen LogP contribution in [-0.4, -0.2) is 40.0 Å². The van der Waals surface area contributed by atoms with Crippen molar-refractivity contribution >= 4 is 29.1 Å². The highest BCUT2D eigenvalue weighted by Crippen LogP contribution is 2.39. The third-order valence-corrected chi connectivity index (χ3v) is 7.00. The van der Waals surface area contributed by atoms with Crippen molar-refractivity contribution in [2.75, 3.05) is 13.1 Å². The molecule has 2 unspecified atom stereocenters. The van der Waals surface area contributed by atoms with Crippen molar-refractivity contribution in [1.29, 1.82) is 5.26 Å². The van der Waals surface area contributed by atoms with Crippen LogP contribution in [0, 0.1) is 11.3 Å². The van der Waals surface area contributed by atoms with Crippen molar-refractivity contribution in [1.82, 2.24) is 14.9 Å². The second-order valence-corrected chi connectivity index (χ2v) is 9.17. The van der Waals surface area contributed by atoms with E-state index in [4.69, 9.17) is 28.0 Å². The minimum Gasteiger partial charge on any atom is -0.358 e. The molecule has 1 aromatic carbocycles. The van der Waals surface area contributed by atoms with Crippen molar-refractivity contribution in [2.45, 2.75) is 37.9 Å². The molecule has 2 aromatic rings. The summed E-state index contributed by atoms with van der Waals surface area (Å²) in [6, 6.07) is 9.23. The van der Waals surface area contributed by atoms with Gasteiger partial charge in [0, 0.05) is 30.8 Å². The Hall–Kier alpha value is -3.22. The third kappa shape index (κ3) is 5.15. The number of nitriles is 1. The molecule has 1 amide bonds. The summed E-state index contributed by atoms with van der Waals surface area (Å²) in [6.07, 6.45) is 0.737. The van der Waals surface area contributed by atoms with Crippen molar-refractivity contribution in [3.8, 4) is 11.9 Å². The zero-order valence-corrected chi connectivity index (χ0v) is 20.6. The Morgan fingerprint density at radius 1 is 1.25 bits per heavy atom. The van der Waals surface area contributed by atoms with Gasteiger partial charge in [0.1, 0.15) is 6.07 Å². The minimum absolute atomic E-state index is 0.0444. The van der Waals surface area contributed by atoms with Crippen LogP contribution in [0.15, 0.2) is 60.0 Å². The Labute approximate surface area is 216 Å². The number of aromatic nitrogens is 1. The molecule has 0 bridgehead atoms. The highest BCUT2D eigenvalue weighted by molar-refractivity contribution is 6.42. The average molecular weight is 537 g/mol. The first-order valence-electron chi connectivity index (χ1n) is 11.2. The van der Waals surface area contributed by atoms with E-state index >= 15 is 0 Å². The molecule has 6 nitrogen and oxygen atoms in total. The number of rotatable bonds is 5. The van der Waals surface area contributed by atoms with E-state index in [0.29, 0.717) is 29.2 Å². The zero-order valence-electron chi connectivity index (χ0n) is 19.1. The van der Waals surface area contributed by atoms with Crippen molar-refractivity contribution < 1.29 is 22.8 Å². The van der Waals surface area contributed by atoms with Crippen LogP contribution in [0.3, 0.4) is 0 Å². The molecule has 36 heavy (non-hydrogen) atoms. The van der Waals surface area contributed by atoms with E-state index in [1.54, 1.807) is 23.1 Å². The predicted molar refractivity (Wildman–Crippen MR) is 128 cm³/mol. The van der Waals surface area contributed by atoms with Crippen LogP contribution < -0.4 is 4.84 Å². The van der Waals surface area contributed by atoms with Crippen molar-refractivity contribution in [3.63, 3.8) is 0 Å². The maximum atomic E-state index is 13.6. The lowest BCUT2D eigenvalue weighted by Crippen LogP contribution is -2.40. The number of pyridine rings is 1. The van der Waals surface area contributed by atoms with Crippen LogP contribution >= 0.6 is 23.2 Å². The number of hydroxylamine groups is 2. The molecule has 1 saturated heterocycles. The second-order valence-electron chi connectivity index (χ2n) is 8.35. The molecule has 2 aliphatic heterocycles. The number of hydrogen-bond acceptors (Lipinski definition) is 5. The van der Waals surface area contributed by atoms with Crippen LogP contribution in [0.1, 0.15) is 36.8 Å². The largest absolute Gasteiger partial charge is 0.417 e. The average Bonchev–Trinajstić information content (AvgIpc) is 3.29. The van der Waals surface area contributed by atoms with Gasteiger partial charge < -0.3 is 9.74 Å². The minimum atomic E-state index is -4.53. The molecule has 2 aliphatic rings. The molecular formula is C25H21Cl2F3N4O2. The van der Waals surface area contributed by atoms with E-state index in [1.807, 2.05) is 25.1 Å². The van der Waals surface area contributed by atoms with Gasteiger partial charge >= 0.3 is 6.18 Å². The lowest BCUT2D eigenvalue weighted by molar-refractivity contribution is -0.138. The standard InChI is InChI=1S/C25H21Cl2F3N4O2/c1-2-21-17(15-5-7-19(26)20(27)12-15)9-11-33(21)24(35)18-4-3-10-34(22(18)13-31)36-23-8-6-16(14-32-23)25(28,29)30/h3-8,12,14,17,21H,2,9-11H2,1H3. The Bertz CT molecular complexity index is 1260. The van der Waals surface area contributed by atoms with Crippen LogP contribution in [0.4, 0.5) is 13.2 Å². The van der Waals surface area contributed by atoms with Crippen LogP contribution in [0.25, 0.3) is 0 Å². The number of likely N-dealkylation sites (tertiary alicyclic amines) is 1. The van der Waals surface area contributed by atoms with E-state index < -0.39 is 11.7 Å². The third-order valence-electron chi connectivity index (χ3n) is 6.26. The number of amides is 1. The van der Waals surface area contributed by atoms with Gasteiger partial charge in [0.25, 0.3) is 5.91 Å². The number of nitrogens with zero attached hydrogens (tertiary/aromatic N) is 4. The fourth-order valence-corrected chi connectivity index (χ4v) is 4.86. The van der Waals surface area contributed by atoms with E-state index in [2.05, 4.69) is 4.98 Å². The summed E-state index contributed by atoms with van der Waals surface area (Å²) in [7, 11) is 0. The molecule has 4 rings (SSSR count). The number of allylic oxidation sites excluding steroid dienone is 1. The van der Waals surface area contributed by atoms with E-state index in [9.17, 15) is 23.2 Å². The fourth-order valence-electron chi connectivity index (χ4n) is 4.55. The maximum absolute atomic E-state index is 13.6. The lowest BCUT2D eigenvalue weighted by Gasteiger charge is -2.31. The topological polar surface area (TPSA) is 69.5 Å². The summed E-state index contributed by atoms with van der Waals surface area (Å²) < 4.78 is 38.4. The van der Waals surface area contributed by atoms with Crippen LogP contribution in [-0.2, 0) is 11.0 Å². The van der Waals surface area contributed by atoms with E-state index in [1.165, 1.54) is 0 Å². The van der Waals surface area contributed by atoms with Gasteiger partial charge in [-0.25, -0.2) is 4.98 Å². The number of halogens is 5. The molecule has 0 N–H and O–H groups in total. The molecule has 0 spiro atoms. The molecule has 1 aromatic heterocycles. The molecule has 0 saturated carbocycles. The van der Waals surface area contributed by atoms with Crippen LogP contribution in [0.5, 0.6) is 5.88 Å². The maximum Gasteiger partial charge on any atom is 0.417 e. The Morgan fingerprint density at radius 3 is 2.64 bits per heavy atom. The van der Waals surface area contributed by atoms with Gasteiger partial charge in [-0.2, -0.15) is 23.5 Å². The summed E-state index contributed by atoms with van der Waals surface area (Å²) >= 11 is 12.3. The first-order valence-corrected chi connectivity index (χ1v) is 11.9. The molecule has 0 radical (unpaired) electrons. The molecule has 11 heteroatoms. The zero-order chi connectivity index (χ0) is 26.0. The number of benzene rings is 1. The Balaban J connectivity index is 1.56. The van der Waals surface area contributed by atoms with Gasteiger partial charge in [0.15, 0.2) is 5.70 Å². The SMILES string of the molecule is CCC1C(c2ccc(Cl)c(Cl)c2)CCN1C(=O)C1=C(C#N)N(Oc2ccc(C(F)(F)F)cn2)CC=C1. The number of carbonyl (C=O) groups is 1. The Morgan fingerprint density at radius 2 is 2.03 bits per heavy atom. The highest BCUT2D eigenvalue weighted by Gasteiger charge is 2.39. The van der Waals surface area contributed by atoms with Crippen molar-refractivity contribution in [3.05, 3.63) is 81.1 Å². The Kier molecular flexibility index (Phi) is 7.48. The lowest BCUT2D eigenvalue weighted by atomic mass is 9.90. The monoisotopic (exact) mass is 536 g/mol. The molecule has 3 heterocycles. The van der Waals surface area contributed by atoms with E-state index in [0.717, 1.165) is 29.2 Å². The van der Waals surface area contributed by atoms with Gasteiger partial charge in [-0.3, -0.25) is 4.79 Å². The van der Waals surface area contributed by atoms with Gasteiger partial charge in [-0.05, 0) is 42.7 Å². The summed E-state index contributed by atoms with van der Waals surface area (Å²) in [4.78, 5) is 24.6. The number of alkyl halides is 3. The summed E-state index contributed by atoms with van der Waals surface area (Å²) in [5.41, 5.74) is 0.163. The smallest absolute Gasteiger partial charge is 0.358 e. The first-order chi connectivity index (χ1) is 17.1. The molecule has 188 valence electrons. The van der Waals surface area contributed by atoms with E-state index in [-0.39, 0.29) is 41.6 Å². The summed E-state index contributed by atoms with van der Waals surface area (Å²) in [5, 5.41) is 11.9. The first kappa shape index (κ1) is 25.9. The number of hydrogen-bond donors (Lipinski definition) is 0. The normalized spacial score (nSPS) is 20.0. The quantitative estimate of drug-likeness (QED) is 0.458. The molecule has 2 atom stereocenters. The second kappa shape index (κ2) is 10.4. The molecular weight excluding hydrogens is 516 g/mol. The van der Waals surface area contributed by atoms with Gasteiger partial charge in [0.05, 0.1) is 27.7 Å². The van der Waals surface area contributed by atoms with Gasteiger partial charge in [0.2, 0.25) is 5.88 Å². The number of carbonyl (C=O) groups excluding carboxylic acids is 1. The van der Waals surface area contributed by atoms with Gasteiger partial charge in [-0.15, -0.1) is 0 Å². The highest BCUT2D eigenvalue weighted by atomic mass is 35.5. The summed E-state index contributed by atoms with van der Waals surface area (Å²) in [5.74, 6) is -0.410. The van der Waals surface area contributed by atoms with Gasteiger partial charge in [-0.1, -0.05) is 42.3 Å². The summed E-state index contributed by atoms with van der Waals surface area (Å²) in [6.45, 7) is 2.59. The van der Waals surface area contributed by atoms with Crippen molar-refractivity contribution in [2.24, 2.45) is 0 Å². The molecule has 1 fully saturated rings. The molecule has 0 aliphatic carbocycles. The fraction of sp³-hybridized carbons (Fsp3) is 0.320. The predicted octanol–water partition coefficient (Wildman–Crippen LogP) is 6.15. The van der Waals surface area contributed by atoms with Crippen LogP contribution in [0.2, 0.25) is 10.0 Å².